The molecule has 1 aromatic rings. The van der Waals surface area contributed by atoms with Gasteiger partial charge in [0.15, 0.2) is 0 Å². The van der Waals surface area contributed by atoms with Crippen molar-refractivity contribution in [2.24, 2.45) is 0 Å². The highest BCUT2D eigenvalue weighted by Gasteiger charge is 2.23. The van der Waals surface area contributed by atoms with E-state index in [9.17, 15) is 9.90 Å². The van der Waals surface area contributed by atoms with E-state index in [0.29, 0.717) is 11.1 Å². The Morgan fingerprint density at radius 3 is 2.58 bits per heavy atom. The van der Waals surface area contributed by atoms with Gasteiger partial charge in [-0.15, -0.1) is 0 Å². The molecule has 0 fully saturated rings. The van der Waals surface area contributed by atoms with Crippen LogP contribution >= 0.6 is 0 Å². The fourth-order valence-electron chi connectivity index (χ4n) is 1.29. The molecular weight excluding hydrogens is 154 g/mol. The molecule has 0 amide bonds. The van der Waals surface area contributed by atoms with Crippen LogP contribution in [0.25, 0.3) is 0 Å². The number of hydrogen-bond donors (Lipinski definition) is 2. The van der Waals surface area contributed by atoms with E-state index in [1.807, 2.05) is 0 Å². The average Bonchev–Trinajstić information content (AvgIpc) is 2.12. The number of rotatable bonds is 0. The molecule has 1 heterocycles. The highest BCUT2D eigenvalue weighted by atomic mass is 16.3. The Morgan fingerprint density at radius 2 is 1.92 bits per heavy atom. The third-order valence-electron chi connectivity index (χ3n) is 1.90. The molecule has 1 aliphatic rings. The highest BCUT2D eigenvalue weighted by molar-refractivity contribution is 6.08. The zero-order valence-electron chi connectivity index (χ0n) is 6.37. The fourth-order valence-corrected chi connectivity index (χ4v) is 1.29. The predicted molar refractivity (Wildman–Crippen MR) is 43.3 cm³/mol. The Hall–Kier alpha value is -1.64. The molecule has 0 aromatic heterocycles. The number of fused-ring (bicyclic) bond motifs is 1. The van der Waals surface area contributed by atoms with E-state index in [1.54, 1.807) is 24.3 Å². The summed E-state index contributed by atoms with van der Waals surface area (Å²) in [7, 11) is 0. The lowest BCUT2D eigenvalue weighted by Crippen LogP contribution is -2.77. The van der Waals surface area contributed by atoms with E-state index < -0.39 is 0 Å². The van der Waals surface area contributed by atoms with Gasteiger partial charge in [0, 0.05) is 5.56 Å². The lowest BCUT2D eigenvalue weighted by molar-refractivity contribution is -0.451. The summed E-state index contributed by atoms with van der Waals surface area (Å²) in [6, 6.07) is 7.01. The summed E-state index contributed by atoms with van der Waals surface area (Å²) < 4.78 is 0. The molecule has 0 saturated heterocycles. The van der Waals surface area contributed by atoms with Crippen LogP contribution in [0, 0.1) is 0 Å². The maximum Gasteiger partial charge on any atom is 0.366 e. The van der Waals surface area contributed by atoms with Gasteiger partial charge in [-0.05, 0) is 6.07 Å². The van der Waals surface area contributed by atoms with Crippen molar-refractivity contribution in [3.8, 4) is 0 Å². The van der Waals surface area contributed by atoms with Crippen molar-refractivity contribution in [1.82, 2.24) is 0 Å². The number of aliphatic hydroxyl groups is 1. The van der Waals surface area contributed by atoms with Gasteiger partial charge in [-0.3, -0.25) is 4.79 Å². The normalized spacial score (nSPS) is 15.3. The third-order valence-corrected chi connectivity index (χ3v) is 1.90. The summed E-state index contributed by atoms with van der Waals surface area (Å²) in [4.78, 5) is 13.9. The minimum Gasteiger partial charge on any atom is -0.460 e. The van der Waals surface area contributed by atoms with Crippen LogP contribution in [0.2, 0.25) is 0 Å². The van der Waals surface area contributed by atoms with Crippen LogP contribution in [-0.4, -0.2) is 23.3 Å². The van der Waals surface area contributed by atoms with E-state index >= 15 is 0 Å². The van der Waals surface area contributed by atoms with Crippen LogP contribution in [0.5, 0.6) is 0 Å². The number of benzene rings is 1. The molecule has 2 rings (SSSR count). The van der Waals surface area contributed by atoms with Crippen molar-refractivity contribution in [3.05, 3.63) is 35.4 Å². The maximum atomic E-state index is 11.2. The van der Waals surface area contributed by atoms with Crippen LogP contribution in [0.1, 0.15) is 15.9 Å². The molecule has 0 atom stereocenters. The van der Waals surface area contributed by atoms with Crippen molar-refractivity contribution in [2.75, 3.05) is 6.54 Å². The van der Waals surface area contributed by atoms with Crippen molar-refractivity contribution in [3.63, 3.8) is 0 Å². The SMILES string of the molecule is O=C1C[NH+]=C(O)c2ccccc21. The van der Waals surface area contributed by atoms with E-state index in [4.69, 9.17) is 0 Å². The Kier molecular flexibility index (Phi) is 1.43. The Balaban J connectivity index is 2.66. The molecule has 1 aromatic carbocycles. The largest absolute Gasteiger partial charge is 0.460 e. The van der Waals surface area contributed by atoms with Gasteiger partial charge in [-0.25, -0.2) is 4.99 Å². The molecule has 1 aliphatic heterocycles. The van der Waals surface area contributed by atoms with Crippen molar-refractivity contribution in [1.29, 1.82) is 0 Å². The van der Waals surface area contributed by atoms with E-state index in [-0.39, 0.29) is 18.2 Å². The second-order valence-corrected chi connectivity index (χ2v) is 2.67. The van der Waals surface area contributed by atoms with Gasteiger partial charge >= 0.3 is 5.90 Å². The topological polar surface area (TPSA) is 51.3 Å². The number of Topliss-reactive ketones (excluding diaryl/α,β-unsaturated/α-hetero) is 1. The van der Waals surface area contributed by atoms with E-state index in [0.717, 1.165) is 0 Å². The average molecular weight is 162 g/mol. The predicted octanol–water partition coefficient (Wildman–Crippen LogP) is -0.732. The summed E-state index contributed by atoms with van der Waals surface area (Å²) in [5.74, 6) is 0.105. The Labute approximate surface area is 69.4 Å². The van der Waals surface area contributed by atoms with E-state index in [1.165, 1.54) is 0 Å². The second kappa shape index (κ2) is 2.44. The molecule has 3 nitrogen and oxygen atoms in total. The molecule has 0 saturated carbocycles. The summed E-state index contributed by atoms with van der Waals surface area (Å²) in [5, 5.41) is 9.33. The molecular formula is C9H8NO2+. The van der Waals surface area contributed by atoms with Crippen LogP contribution < -0.4 is 4.99 Å². The number of carbonyl (C=O) groups excluding carboxylic acids is 1. The zero-order valence-corrected chi connectivity index (χ0v) is 6.37. The van der Waals surface area contributed by atoms with Gasteiger partial charge in [0.2, 0.25) is 12.3 Å². The number of nitrogens with one attached hydrogen (secondary N) is 1. The molecule has 2 N–H and O–H groups in total. The number of aliphatic hydroxyl groups excluding tert-OH is 1. The molecule has 0 radical (unpaired) electrons. The fraction of sp³-hybridized carbons (Fsp3) is 0.111. The van der Waals surface area contributed by atoms with Crippen molar-refractivity contribution in [2.45, 2.75) is 0 Å². The standard InChI is InChI=1S/C9H7NO2/c11-8-5-10-9(12)7-4-2-1-3-6(7)8/h1-4H,5H2,(H,10,12)/p+1. The first-order valence-electron chi connectivity index (χ1n) is 3.71. The van der Waals surface area contributed by atoms with Crippen molar-refractivity contribution < 1.29 is 14.9 Å². The number of ketones is 1. The first-order chi connectivity index (χ1) is 5.79. The Bertz CT molecular complexity index is 369. The minimum absolute atomic E-state index is 0.0170. The molecule has 3 heteroatoms. The van der Waals surface area contributed by atoms with Gasteiger partial charge in [0.25, 0.3) is 0 Å². The second-order valence-electron chi connectivity index (χ2n) is 2.67. The molecule has 0 spiro atoms. The lowest BCUT2D eigenvalue weighted by atomic mass is 10.0. The minimum atomic E-state index is 0.0170. The van der Waals surface area contributed by atoms with Gasteiger partial charge in [0.05, 0.1) is 5.56 Å². The first kappa shape index (κ1) is 7.03. The zero-order chi connectivity index (χ0) is 8.55. The monoisotopic (exact) mass is 162 g/mol. The quantitative estimate of drug-likeness (QED) is 0.528. The molecule has 12 heavy (non-hydrogen) atoms. The molecule has 0 bridgehead atoms. The summed E-state index contributed by atoms with van der Waals surface area (Å²) >= 11 is 0. The maximum absolute atomic E-state index is 11.2. The smallest absolute Gasteiger partial charge is 0.366 e. The van der Waals surface area contributed by atoms with Crippen molar-refractivity contribution >= 4 is 11.7 Å². The van der Waals surface area contributed by atoms with Gasteiger partial charge in [0.1, 0.15) is 0 Å². The molecule has 60 valence electrons. The molecule has 0 aliphatic carbocycles. The van der Waals surface area contributed by atoms with Gasteiger partial charge in [-0.1, -0.05) is 18.2 Å². The van der Waals surface area contributed by atoms with Crippen LogP contribution in [0.3, 0.4) is 0 Å². The number of hydrogen-bond acceptors (Lipinski definition) is 1. The summed E-state index contributed by atoms with van der Waals surface area (Å²) in [6.07, 6.45) is 0. The lowest BCUT2D eigenvalue weighted by Gasteiger charge is -2.05. The van der Waals surface area contributed by atoms with Gasteiger partial charge in [-0.2, -0.15) is 0 Å². The summed E-state index contributed by atoms with van der Waals surface area (Å²) in [5.41, 5.74) is 1.18. The van der Waals surface area contributed by atoms with Crippen LogP contribution in [0.4, 0.5) is 0 Å². The Morgan fingerprint density at radius 1 is 1.25 bits per heavy atom. The number of carbonyl (C=O) groups is 1. The van der Waals surface area contributed by atoms with Crippen LogP contribution in [0.15, 0.2) is 24.3 Å². The summed E-state index contributed by atoms with van der Waals surface area (Å²) in [6.45, 7) is 0.183. The van der Waals surface area contributed by atoms with E-state index in [2.05, 4.69) is 4.99 Å². The van der Waals surface area contributed by atoms with Gasteiger partial charge < -0.3 is 5.11 Å². The third kappa shape index (κ3) is 0.906. The molecule has 0 unspecified atom stereocenters. The highest BCUT2D eigenvalue weighted by Crippen LogP contribution is 2.09. The van der Waals surface area contributed by atoms with Crippen LogP contribution in [-0.2, 0) is 0 Å². The first-order valence-corrected chi connectivity index (χ1v) is 3.71.